The van der Waals surface area contributed by atoms with Crippen LogP contribution in [0.15, 0.2) is 0 Å². The molecule has 52 valence electrons. The number of rotatable bonds is 2. The molecule has 0 fully saturated rings. The fourth-order valence-electron chi connectivity index (χ4n) is 0.325. The van der Waals surface area contributed by atoms with Gasteiger partial charge in [-0.15, -0.1) is 11.6 Å². The first-order chi connectivity index (χ1) is 3.18. The Kier molecular flexibility index (Phi) is 7.98. The number of halogens is 1. The van der Waals surface area contributed by atoms with E-state index < -0.39 is 0 Å². The van der Waals surface area contributed by atoms with Crippen molar-refractivity contribution in [1.82, 2.24) is 0 Å². The molecule has 0 aromatic heterocycles. The normalized spacial score (nSPS) is 16.5. The summed E-state index contributed by atoms with van der Waals surface area (Å²) in [6.45, 7) is 6.36. The molecule has 0 aliphatic carbocycles. The van der Waals surface area contributed by atoms with Crippen LogP contribution in [0.5, 0.6) is 0 Å². The van der Waals surface area contributed by atoms with Gasteiger partial charge in [-0.1, -0.05) is 20.3 Å². The molecular weight excluding hydrogens is 136 g/mol. The summed E-state index contributed by atoms with van der Waals surface area (Å²) in [6, 6.07) is 0. The molecule has 0 amide bonds. The minimum atomic E-state index is 0. The average molecular weight is 153 g/mol. The van der Waals surface area contributed by atoms with Crippen molar-refractivity contribution in [1.29, 1.82) is 0 Å². The van der Waals surface area contributed by atoms with E-state index >= 15 is 0 Å². The molecule has 0 radical (unpaired) electrons. The van der Waals surface area contributed by atoms with Crippen LogP contribution in [-0.2, 0) is 0 Å². The molecule has 0 heterocycles. The van der Waals surface area contributed by atoms with Crippen LogP contribution in [0.25, 0.3) is 0 Å². The molecule has 8 heavy (non-hydrogen) atoms. The second-order valence-electron chi connectivity index (χ2n) is 2.06. The van der Waals surface area contributed by atoms with E-state index in [-0.39, 0.29) is 11.0 Å². The molecule has 0 aromatic rings. The summed E-state index contributed by atoms with van der Waals surface area (Å²) in [6.07, 6.45) is 1.19. The zero-order valence-electron chi connectivity index (χ0n) is 5.24. The second kappa shape index (κ2) is 5.64. The summed E-state index contributed by atoms with van der Waals surface area (Å²) in [7, 11) is 0. The maximum atomic E-state index is 5.73. The lowest BCUT2D eigenvalue weighted by atomic mass is 10.1. The highest BCUT2D eigenvalue weighted by Gasteiger charge is 2.03. The highest BCUT2D eigenvalue weighted by molar-refractivity contribution is 6.20. The van der Waals surface area contributed by atoms with Crippen molar-refractivity contribution in [3.63, 3.8) is 0 Å². The Morgan fingerprint density at radius 1 is 1.38 bits per heavy atom. The molecule has 0 aliphatic heterocycles. The number of alkyl halides is 1. The monoisotopic (exact) mass is 152 g/mol. The zero-order chi connectivity index (χ0) is 5.86. The number of hydrogen-bond acceptors (Lipinski definition) is 0. The Bertz CT molecular complexity index is 45.8. The fraction of sp³-hybridized carbons (Fsp3) is 1.00. The largest absolute Gasteiger partial charge is 0.123 e. The van der Waals surface area contributed by atoms with Gasteiger partial charge in [0.15, 0.2) is 0 Å². The SMILES string of the molecule is CCC(C)C(C)Cl.[SiH4]. The third kappa shape index (κ3) is 4.66. The standard InChI is InChI=1S/C6H13Cl.H4Si/c1-4-5(2)6(3)7;/h5-6H,4H2,1-3H3;1H4. The summed E-state index contributed by atoms with van der Waals surface area (Å²) in [5.74, 6) is 0.668. The molecule has 0 bridgehead atoms. The lowest BCUT2D eigenvalue weighted by Crippen LogP contribution is -2.03. The van der Waals surface area contributed by atoms with Gasteiger partial charge in [-0.3, -0.25) is 0 Å². The molecule has 0 aromatic carbocycles. The van der Waals surface area contributed by atoms with Gasteiger partial charge in [-0.2, -0.15) is 0 Å². The lowest BCUT2D eigenvalue weighted by molar-refractivity contribution is 0.552. The molecule has 2 heteroatoms. The molecule has 0 rings (SSSR count). The van der Waals surface area contributed by atoms with Gasteiger partial charge in [0.25, 0.3) is 0 Å². The predicted octanol–water partition coefficient (Wildman–Crippen LogP) is 1.21. The first-order valence-corrected chi connectivity index (χ1v) is 3.26. The molecule has 0 aliphatic rings. The van der Waals surface area contributed by atoms with E-state index in [1.807, 2.05) is 6.92 Å². The Hall–Kier alpha value is 0.507. The van der Waals surface area contributed by atoms with Crippen LogP contribution in [0.1, 0.15) is 27.2 Å². The van der Waals surface area contributed by atoms with Crippen LogP contribution in [0, 0.1) is 5.92 Å². The number of hydrogen-bond donors (Lipinski definition) is 0. The molecule has 0 spiro atoms. The smallest absolute Gasteiger partial charge is 0.0333 e. The molecule has 2 atom stereocenters. The van der Waals surface area contributed by atoms with Crippen molar-refractivity contribution in [3.8, 4) is 0 Å². The first-order valence-electron chi connectivity index (χ1n) is 2.82. The van der Waals surface area contributed by atoms with Crippen LogP contribution in [-0.4, -0.2) is 16.3 Å². The molecule has 0 nitrogen and oxygen atoms in total. The molecule has 0 saturated carbocycles. The maximum absolute atomic E-state index is 5.73. The highest BCUT2D eigenvalue weighted by atomic mass is 35.5. The van der Waals surface area contributed by atoms with Crippen molar-refractivity contribution >= 4 is 22.6 Å². The van der Waals surface area contributed by atoms with Crippen molar-refractivity contribution < 1.29 is 0 Å². The van der Waals surface area contributed by atoms with Crippen molar-refractivity contribution in [2.75, 3.05) is 0 Å². The van der Waals surface area contributed by atoms with Gasteiger partial charge in [-0.25, -0.2) is 0 Å². The topological polar surface area (TPSA) is 0 Å². The minimum Gasteiger partial charge on any atom is -0.123 e. The van der Waals surface area contributed by atoms with E-state index in [0.717, 1.165) is 0 Å². The summed E-state index contributed by atoms with van der Waals surface area (Å²) >= 11 is 5.73. The van der Waals surface area contributed by atoms with Crippen LogP contribution >= 0.6 is 11.6 Å². The third-order valence-corrected chi connectivity index (χ3v) is 1.86. The predicted molar refractivity (Wildman–Crippen MR) is 46.1 cm³/mol. The first kappa shape index (κ1) is 11.3. The van der Waals surface area contributed by atoms with Crippen molar-refractivity contribution in [3.05, 3.63) is 0 Å². The maximum Gasteiger partial charge on any atom is 0.0333 e. The van der Waals surface area contributed by atoms with E-state index in [2.05, 4.69) is 13.8 Å². The van der Waals surface area contributed by atoms with E-state index in [0.29, 0.717) is 11.3 Å². The van der Waals surface area contributed by atoms with E-state index in [1.165, 1.54) is 6.42 Å². The van der Waals surface area contributed by atoms with Crippen molar-refractivity contribution in [2.45, 2.75) is 32.6 Å². The van der Waals surface area contributed by atoms with E-state index in [4.69, 9.17) is 11.6 Å². The quantitative estimate of drug-likeness (QED) is 0.412. The van der Waals surface area contributed by atoms with Crippen LogP contribution in [0.2, 0.25) is 0 Å². The summed E-state index contributed by atoms with van der Waals surface area (Å²) in [5.41, 5.74) is 0. The zero-order valence-corrected chi connectivity index (χ0v) is 6.00. The Balaban J connectivity index is 0. The van der Waals surface area contributed by atoms with Gasteiger partial charge in [0.05, 0.1) is 0 Å². The van der Waals surface area contributed by atoms with Gasteiger partial charge in [-0.05, 0) is 23.8 Å². The van der Waals surface area contributed by atoms with Gasteiger partial charge in [0.2, 0.25) is 0 Å². The van der Waals surface area contributed by atoms with E-state index in [1.54, 1.807) is 0 Å². The Labute approximate surface area is 61.6 Å². The Morgan fingerprint density at radius 3 is 1.75 bits per heavy atom. The molecule has 0 N–H and O–H groups in total. The molecule has 2 unspecified atom stereocenters. The third-order valence-electron chi connectivity index (χ3n) is 1.43. The fourth-order valence-corrected chi connectivity index (χ4v) is 0.503. The van der Waals surface area contributed by atoms with Crippen LogP contribution in [0.3, 0.4) is 0 Å². The van der Waals surface area contributed by atoms with E-state index in [9.17, 15) is 0 Å². The summed E-state index contributed by atoms with van der Waals surface area (Å²) in [5, 5.41) is 0.338. The summed E-state index contributed by atoms with van der Waals surface area (Å²) in [4.78, 5) is 0. The van der Waals surface area contributed by atoms with Gasteiger partial charge >= 0.3 is 0 Å². The van der Waals surface area contributed by atoms with Gasteiger partial charge < -0.3 is 0 Å². The lowest BCUT2D eigenvalue weighted by Gasteiger charge is -2.08. The summed E-state index contributed by atoms with van der Waals surface area (Å²) < 4.78 is 0. The van der Waals surface area contributed by atoms with Crippen LogP contribution < -0.4 is 0 Å². The average Bonchev–Trinajstić information content (AvgIpc) is 1.65. The highest BCUT2D eigenvalue weighted by Crippen LogP contribution is 2.11. The minimum absolute atomic E-state index is 0. The van der Waals surface area contributed by atoms with Gasteiger partial charge in [0.1, 0.15) is 0 Å². The molecule has 0 saturated heterocycles. The van der Waals surface area contributed by atoms with Crippen molar-refractivity contribution in [2.24, 2.45) is 5.92 Å². The van der Waals surface area contributed by atoms with Gasteiger partial charge in [0, 0.05) is 5.38 Å². The Morgan fingerprint density at radius 2 is 1.75 bits per heavy atom. The van der Waals surface area contributed by atoms with Crippen LogP contribution in [0.4, 0.5) is 0 Å². The molecular formula is C6H17ClSi. The second-order valence-corrected chi connectivity index (χ2v) is 2.75.